The molecule has 9 heteroatoms. The molecule has 3 aromatic rings. The number of anilines is 1. The molecule has 0 unspecified atom stereocenters. The summed E-state index contributed by atoms with van der Waals surface area (Å²) in [5.74, 6) is -0.292. The lowest BCUT2D eigenvalue weighted by atomic mass is 10.1. The Morgan fingerprint density at radius 2 is 2.04 bits per heavy atom. The molecule has 28 heavy (non-hydrogen) atoms. The SMILES string of the molecule is CCCc1nc(CS(=O)(=O)[C@@H](C(=O)Nc2cc(C)on2)c2ccccc2)cs1. The van der Waals surface area contributed by atoms with Crippen LogP contribution in [0.1, 0.15) is 40.6 Å². The van der Waals surface area contributed by atoms with Crippen LogP contribution in [0, 0.1) is 6.92 Å². The number of sulfone groups is 1. The van der Waals surface area contributed by atoms with Crippen LogP contribution in [-0.4, -0.2) is 24.5 Å². The number of rotatable bonds is 8. The fourth-order valence-corrected chi connectivity index (χ4v) is 5.49. The van der Waals surface area contributed by atoms with Gasteiger partial charge in [-0.15, -0.1) is 11.3 Å². The number of carbonyl (C=O) groups excluding carboxylic acids is 1. The molecule has 0 radical (unpaired) electrons. The summed E-state index contributed by atoms with van der Waals surface area (Å²) < 4.78 is 31.3. The Labute approximate surface area is 167 Å². The average molecular weight is 420 g/mol. The van der Waals surface area contributed by atoms with Crippen LogP contribution in [0.25, 0.3) is 0 Å². The van der Waals surface area contributed by atoms with Gasteiger partial charge in [-0.2, -0.15) is 0 Å². The van der Waals surface area contributed by atoms with E-state index in [0.29, 0.717) is 17.0 Å². The van der Waals surface area contributed by atoms with E-state index in [0.717, 1.165) is 17.8 Å². The molecule has 0 aliphatic carbocycles. The zero-order valence-electron chi connectivity index (χ0n) is 15.6. The van der Waals surface area contributed by atoms with E-state index < -0.39 is 21.0 Å². The third kappa shape index (κ3) is 4.85. The smallest absolute Gasteiger partial charge is 0.248 e. The Bertz CT molecular complexity index is 1040. The number of thiazole rings is 1. The van der Waals surface area contributed by atoms with Gasteiger partial charge >= 0.3 is 0 Å². The number of nitrogens with zero attached hydrogens (tertiary/aromatic N) is 2. The molecule has 0 saturated heterocycles. The molecule has 3 rings (SSSR count). The molecular weight excluding hydrogens is 398 g/mol. The molecule has 0 spiro atoms. The van der Waals surface area contributed by atoms with Crippen LogP contribution in [0.5, 0.6) is 0 Å². The van der Waals surface area contributed by atoms with Crippen molar-refractivity contribution in [2.45, 2.75) is 37.7 Å². The molecular formula is C19H21N3O4S2. The number of benzene rings is 1. The standard InChI is InChI=1S/C19H21N3O4S2/c1-3-7-17-20-15(11-27-17)12-28(24,25)18(14-8-5-4-6-9-14)19(23)21-16-10-13(2)26-22-16/h4-6,8-11,18H,3,7,12H2,1-2H3,(H,21,22,23)/t18-/m1/s1. The first-order valence-corrected chi connectivity index (χ1v) is 11.4. The topological polar surface area (TPSA) is 102 Å². The molecule has 0 aliphatic heterocycles. The van der Waals surface area contributed by atoms with E-state index in [2.05, 4.69) is 15.5 Å². The highest BCUT2D eigenvalue weighted by Crippen LogP contribution is 2.28. The van der Waals surface area contributed by atoms with Gasteiger partial charge in [-0.05, 0) is 25.3 Å². The minimum Gasteiger partial charge on any atom is -0.360 e. The number of amides is 1. The van der Waals surface area contributed by atoms with Crippen LogP contribution in [0.4, 0.5) is 5.82 Å². The zero-order valence-corrected chi connectivity index (χ0v) is 17.2. The van der Waals surface area contributed by atoms with Crippen molar-refractivity contribution in [3.8, 4) is 0 Å². The highest BCUT2D eigenvalue weighted by Gasteiger charge is 2.35. The molecule has 1 atom stereocenters. The first kappa shape index (κ1) is 20.2. The Kier molecular flexibility index (Phi) is 6.25. The van der Waals surface area contributed by atoms with Gasteiger partial charge in [0.1, 0.15) is 5.76 Å². The fraction of sp³-hybridized carbons (Fsp3) is 0.316. The minimum absolute atomic E-state index is 0.178. The van der Waals surface area contributed by atoms with Crippen molar-refractivity contribution in [3.05, 3.63) is 63.8 Å². The molecule has 0 bridgehead atoms. The largest absolute Gasteiger partial charge is 0.360 e. The van der Waals surface area contributed by atoms with Crippen molar-refractivity contribution in [1.29, 1.82) is 0 Å². The Morgan fingerprint density at radius 3 is 2.68 bits per heavy atom. The number of aryl methyl sites for hydroxylation is 2. The van der Waals surface area contributed by atoms with Gasteiger partial charge in [0, 0.05) is 11.4 Å². The van der Waals surface area contributed by atoms with Gasteiger partial charge in [0.2, 0.25) is 5.91 Å². The van der Waals surface area contributed by atoms with Gasteiger partial charge in [0.25, 0.3) is 0 Å². The van der Waals surface area contributed by atoms with Gasteiger partial charge < -0.3 is 9.84 Å². The maximum atomic E-state index is 13.2. The van der Waals surface area contributed by atoms with Crippen LogP contribution in [0.3, 0.4) is 0 Å². The summed E-state index contributed by atoms with van der Waals surface area (Å²) in [6.45, 7) is 3.73. The number of hydrogen-bond donors (Lipinski definition) is 1. The summed E-state index contributed by atoms with van der Waals surface area (Å²) in [5.41, 5.74) is 0.851. The van der Waals surface area contributed by atoms with Gasteiger partial charge in [0.15, 0.2) is 20.9 Å². The molecule has 1 aromatic carbocycles. The second-order valence-electron chi connectivity index (χ2n) is 6.39. The minimum atomic E-state index is -3.87. The summed E-state index contributed by atoms with van der Waals surface area (Å²) in [6, 6.07) is 9.95. The predicted molar refractivity (Wildman–Crippen MR) is 108 cm³/mol. The monoisotopic (exact) mass is 419 g/mol. The zero-order chi connectivity index (χ0) is 20.1. The lowest BCUT2D eigenvalue weighted by molar-refractivity contribution is -0.116. The van der Waals surface area contributed by atoms with Gasteiger partial charge in [-0.1, -0.05) is 42.4 Å². The average Bonchev–Trinajstić information content (AvgIpc) is 3.24. The van der Waals surface area contributed by atoms with Crippen molar-refractivity contribution < 1.29 is 17.7 Å². The molecule has 7 nitrogen and oxygen atoms in total. The summed E-state index contributed by atoms with van der Waals surface area (Å²) in [4.78, 5) is 17.3. The predicted octanol–water partition coefficient (Wildman–Crippen LogP) is 3.69. The first-order chi connectivity index (χ1) is 13.4. The highest BCUT2D eigenvalue weighted by molar-refractivity contribution is 7.91. The maximum Gasteiger partial charge on any atom is 0.248 e. The molecule has 2 aromatic heterocycles. The molecule has 148 valence electrons. The van der Waals surface area contributed by atoms with Crippen molar-refractivity contribution in [3.63, 3.8) is 0 Å². The lowest BCUT2D eigenvalue weighted by Crippen LogP contribution is -2.29. The van der Waals surface area contributed by atoms with Gasteiger partial charge in [0.05, 0.1) is 16.5 Å². The van der Waals surface area contributed by atoms with Crippen molar-refractivity contribution in [1.82, 2.24) is 10.1 Å². The van der Waals surface area contributed by atoms with Gasteiger partial charge in [-0.3, -0.25) is 4.79 Å². The summed E-state index contributed by atoms with van der Waals surface area (Å²) in [6.07, 6.45) is 1.74. The van der Waals surface area contributed by atoms with E-state index in [9.17, 15) is 13.2 Å². The Hall–Kier alpha value is -2.52. The third-order valence-electron chi connectivity index (χ3n) is 3.99. The number of hydrogen-bond acceptors (Lipinski definition) is 7. The van der Waals surface area contributed by atoms with Crippen LogP contribution >= 0.6 is 11.3 Å². The molecule has 0 saturated carbocycles. The van der Waals surface area contributed by atoms with E-state index in [-0.39, 0.29) is 11.6 Å². The van der Waals surface area contributed by atoms with Gasteiger partial charge in [-0.25, -0.2) is 13.4 Å². The quantitative estimate of drug-likeness (QED) is 0.597. The number of aromatic nitrogens is 2. The van der Waals surface area contributed by atoms with E-state index in [1.165, 1.54) is 17.4 Å². The van der Waals surface area contributed by atoms with Crippen LogP contribution < -0.4 is 5.32 Å². The lowest BCUT2D eigenvalue weighted by Gasteiger charge is -2.16. The van der Waals surface area contributed by atoms with E-state index in [1.54, 1.807) is 42.6 Å². The molecule has 1 amide bonds. The summed E-state index contributed by atoms with van der Waals surface area (Å²) in [5, 5.41) is 7.51. The normalized spacial score (nSPS) is 12.6. The molecule has 0 fully saturated rings. The summed E-state index contributed by atoms with van der Waals surface area (Å²) in [7, 11) is -3.87. The molecule has 1 N–H and O–H groups in total. The third-order valence-corrected chi connectivity index (χ3v) is 6.85. The summed E-state index contributed by atoms with van der Waals surface area (Å²) >= 11 is 1.44. The number of nitrogens with one attached hydrogen (secondary N) is 1. The maximum absolute atomic E-state index is 13.2. The molecule has 2 heterocycles. The Morgan fingerprint density at radius 1 is 1.29 bits per heavy atom. The van der Waals surface area contributed by atoms with Crippen LogP contribution in [0.15, 0.2) is 46.3 Å². The van der Waals surface area contributed by atoms with Crippen LogP contribution in [0.2, 0.25) is 0 Å². The van der Waals surface area contributed by atoms with Crippen molar-refractivity contribution in [2.24, 2.45) is 0 Å². The van der Waals surface area contributed by atoms with E-state index >= 15 is 0 Å². The Balaban J connectivity index is 1.89. The fourth-order valence-electron chi connectivity index (χ4n) is 2.80. The van der Waals surface area contributed by atoms with Crippen molar-refractivity contribution in [2.75, 3.05) is 5.32 Å². The van der Waals surface area contributed by atoms with E-state index in [1.807, 2.05) is 6.92 Å². The van der Waals surface area contributed by atoms with Crippen molar-refractivity contribution >= 4 is 32.9 Å². The second kappa shape index (κ2) is 8.66. The number of carbonyl (C=O) groups is 1. The highest BCUT2D eigenvalue weighted by atomic mass is 32.2. The van der Waals surface area contributed by atoms with E-state index in [4.69, 9.17) is 4.52 Å². The van der Waals surface area contributed by atoms with Crippen LogP contribution in [-0.2, 0) is 26.8 Å². The second-order valence-corrected chi connectivity index (χ2v) is 9.42. The first-order valence-electron chi connectivity index (χ1n) is 8.83. The molecule has 0 aliphatic rings.